The summed E-state index contributed by atoms with van der Waals surface area (Å²) in [6.07, 6.45) is -0.326. The molecule has 2 rings (SSSR count). The molecule has 0 saturated heterocycles. The number of Topliss-reactive ketones (excluding diaryl/α,β-unsaturated/α-hetero) is 1. The van der Waals surface area contributed by atoms with Crippen molar-refractivity contribution >= 4 is 23.1 Å². The number of ether oxygens (including phenoxy) is 2. The van der Waals surface area contributed by atoms with Gasteiger partial charge in [-0.05, 0) is 40.1 Å². The third-order valence-electron chi connectivity index (χ3n) is 3.81. The summed E-state index contributed by atoms with van der Waals surface area (Å²) in [6, 6.07) is 8.92. The molecule has 0 amide bonds. The number of esters is 1. The average Bonchev–Trinajstić information content (AvgIpc) is 3.15. The van der Waals surface area contributed by atoms with Crippen LogP contribution in [0.3, 0.4) is 0 Å². The molecular formula is C18H21NO5S. The van der Waals surface area contributed by atoms with Gasteiger partial charge in [0.25, 0.3) is 0 Å². The maximum atomic E-state index is 12.3. The van der Waals surface area contributed by atoms with Gasteiger partial charge in [-0.1, -0.05) is 12.1 Å². The lowest BCUT2D eigenvalue weighted by atomic mass is 9.80. The molecule has 0 saturated carbocycles. The van der Waals surface area contributed by atoms with Crippen LogP contribution in [0.15, 0.2) is 41.1 Å². The summed E-state index contributed by atoms with van der Waals surface area (Å²) < 4.78 is 9.89. The second kappa shape index (κ2) is 8.75. The SMILES string of the molecule is COC(=O)CC(=O)CC(N)(c1ccc(OCCO)cc1)c1ccsc1. The van der Waals surface area contributed by atoms with Gasteiger partial charge in [-0.25, -0.2) is 0 Å². The Labute approximate surface area is 150 Å². The predicted octanol–water partition coefficient (Wildman–Crippen LogP) is 1.84. The number of thiophene rings is 1. The average molecular weight is 363 g/mol. The number of hydrogen-bond donors (Lipinski definition) is 2. The van der Waals surface area contributed by atoms with Gasteiger partial charge in [0.15, 0.2) is 0 Å². The summed E-state index contributed by atoms with van der Waals surface area (Å²) in [5.74, 6) is -0.266. The Morgan fingerprint density at radius 3 is 2.48 bits per heavy atom. The van der Waals surface area contributed by atoms with Crippen molar-refractivity contribution < 1.29 is 24.2 Å². The van der Waals surface area contributed by atoms with Crippen molar-refractivity contribution in [2.24, 2.45) is 5.73 Å². The third-order valence-corrected chi connectivity index (χ3v) is 4.49. The number of hydrogen-bond acceptors (Lipinski definition) is 7. The first-order valence-electron chi connectivity index (χ1n) is 7.74. The van der Waals surface area contributed by atoms with Crippen LogP contribution in [-0.4, -0.2) is 37.2 Å². The molecule has 1 aromatic carbocycles. The standard InChI is InChI=1S/C18H21NO5S/c1-23-17(22)10-15(21)11-18(19,14-6-9-25-12-14)13-2-4-16(5-3-13)24-8-7-20/h2-6,9,12,20H,7-8,10-11,19H2,1H3. The van der Waals surface area contributed by atoms with E-state index in [0.717, 1.165) is 11.1 Å². The van der Waals surface area contributed by atoms with E-state index in [1.165, 1.54) is 18.4 Å². The van der Waals surface area contributed by atoms with Crippen LogP contribution in [0.4, 0.5) is 0 Å². The molecule has 0 aliphatic heterocycles. The van der Waals surface area contributed by atoms with Gasteiger partial charge in [-0.3, -0.25) is 9.59 Å². The highest BCUT2D eigenvalue weighted by atomic mass is 32.1. The highest BCUT2D eigenvalue weighted by Crippen LogP contribution is 2.33. The summed E-state index contributed by atoms with van der Waals surface area (Å²) >= 11 is 1.49. The van der Waals surface area contributed by atoms with E-state index in [9.17, 15) is 9.59 Å². The number of carbonyl (C=O) groups is 2. The first-order valence-corrected chi connectivity index (χ1v) is 8.68. The van der Waals surface area contributed by atoms with E-state index < -0.39 is 11.5 Å². The van der Waals surface area contributed by atoms with Gasteiger partial charge >= 0.3 is 5.97 Å². The number of benzene rings is 1. The van der Waals surface area contributed by atoms with Gasteiger partial charge in [0.05, 0.1) is 19.3 Å². The smallest absolute Gasteiger partial charge is 0.313 e. The topological polar surface area (TPSA) is 98.9 Å². The van der Waals surface area contributed by atoms with Crippen LogP contribution in [0.5, 0.6) is 5.75 Å². The summed E-state index contributed by atoms with van der Waals surface area (Å²) in [7, 11) is 1.25. The Morgan fingerprint density at radius 2 is 1.92 bits per heavy atom. The van der Waals surface area contributed by atoms with Crippen molar-refractivity contribution in [1.82, 2.24) is 0 Å². The molecule has 25 heavy (non-hydrogen) atoms. The van der Waals surface area contributed by atoms with Crippen molar-refractivity contribution in [3.8, 4) is 5.75 Å². The lowest BCUT2D eigenvalue weighted by Crippen LogP contribution is -2.40. The van der Waals surface area contributed by atoms with Crippen molar-refractivity contribution in [3.63, 3.8) is 0 Å². The number of rotatable bonds is 9. The predicted molar refractivity (Wildman–Crippen MR) is 94.6 cm³/mol. The molecule has 3 N–H and O–H groups in total. The van der Waals surface area contributed by atoms with Gasteiger partial charge < -0.3 is 20.3 Å². The molecule has 0 aliphatic carbocycles. The maximum Gasteiger partial charge on any atom is 0.313 e. The molecule has 0 radical (unpaired) electrons. The monoisotopic (exact) mass is 363 g/mol. The summed E-state index contributed by atoms with van der Waals surface area (Å²) in [5, 5.41) is 12.6. The molecule has 1 atom stereocenters. The zero-order valence-corrected chi connectivity index (χ0v) is 14.8. The largest absolute Gasteiger partial charge is 0.491 e. The number of carbonyl (C=O) groups excluding carboxylic acids is 2. The lowest BCUT2D eigenvalue weighted by Gasteiger charge is -2.29. The van der Waals surface area contributed by atoms with Crippen LogP contribution in [0.25, 0.3) is 0 Å². The number of ketones is 1. The minimum Gasteiger partial charge on any atom is -0.491 e. The Kier molecular flexibility index (Phi) is 6.69. The van der Waals surface area contributed by atoms with Gasteiger partial charge in [-0.2, -0.15) is 11.3 Å². The van der Waals surface area contributed by atoms with E-state index in [4.69, 9.17) is 15.6 Å². The zero-order chi connectivity index (χ0) is 18.3. The molecule has 1 aromatic heterocycles. The highest BCUT2D eigenvalue weighted by molar-refractivity contribution is 7.08. The zero-order valence-electron chi connectivity index (χ0n) is 13.9. The van der Waals surface area contributed by atoms with Gasteiger partial charge in [-0.15, -0.1) is 0 Å². The van der Waals surface area contributed by atoms with Crippen LogP contribution < -0.4 is 10.5 Å². The van der Waals surface area contributed by atoms with Gasteiger partial charge in [0, 0.05) is 6.42 Å². The number of nitrogens with two attached hydrogens (primary N) is 1. The molecular weight excluding hydrogens is 342 g/mol. The summed E-state index contributed by atoms with van der Waals surface area (Å²) in [4.78, 5) is 23.6. The second-order valence-corrected chi connectivity index (χ2v) is 6.33. The molecule has 0 aliphatic rings. The molecule has 2 aromatic rings. The molecule has 134 valence electrons. The van der Waals surface area contributed by atoms with E-state index in [2.05, 4.69) is 4.74 Å². The van der Waals surface area contributed by atoms with Crippen LogP contribution in [0.1, 0.15) is 24.0 Å². The van der Waals surface area contributed by atoms with Gasteiger partial charge in [0.1, 0.15) is 24.6 Å². The molecule has 7 heteroatoms. The Balaban J connectivity index is 2.26. The van der Waals surface area contributed by atoms with E-state index in [-0.39, 0.29) is 31.8 Å². The van der Waals surface area contributed by atoms with Crippen molar-refractivity contribution in [2.45, 2.75) is 18.4 Å². The molecule has 1 heterocycles. The van der Waals surface area contributed by atoms with Crippen LogP contribution in [-0.2, 0) is 19.9 Å². The number of aliphatic hydroxyl groups excluding tert-OH is 1. The highest BCUT2D eigenvalue weighted by Gasteiger charge is 2.33. The first kappa shape index (κ1) is 19.1. The van der Waals surface area contributed by atoms with Crippen molar-refractivity contribution in [3.05, 3.63) is 52.2 Å². The normalized spacial score (nSPS) is 13.1. The fourth-order valence-electron chi connectivity index (χ4n) is 2.51. The van der Waals surface area contributed by atoms with Gasteiger partial charge in [0.2, 0.25) is 0 Å². The third kappa shape index (κ3) is 4.88. The van der Waals surface area contributed by atoms with Crippen molar-refractivity contribution in [2.75, 3.05) is 20.3 Å². The van der Waals surface area contributed by atoms with Crippen LogP contribution in [0, 0.1) is 0 Å². The molecule has 0 bridgehead atoms. The second-order valence-electron chi connectivity index (χ2n) is 5.55. The van der Waals surface area contributed by atoms with E-state index in [0.29, 0.717) is 5.75 Å². The minimum absolute atomic E-state index is 0.0182. The van der Waals surface area contributed by atoms with E-state index >= 15 is 0 Å². The molecule has 0 fully saturated rings. The number of aliphatic hydroxyl groups is 1. The Bertz CT molecular complexity index is 699. The maximum absolute atomic E-state index is 12.3. The van der Waals surface area contributed by atoms with E-state index in [1.54, 1.807) is 24.3 Å². The summed E-state index contributed by atoms with van der Waals surface area (Å²) in [5.41, 5.74) is 7.11. The Morgan fingerprint density at radius 1 is 1.20 bits per heavy atom. The van der Waals surface area contributed by atoms with Crippen LogP contribution in [0.2, 0.25) is 0 Å². The van der Waals surface area contributed by atoms with Crippen LogP contribution >= 0.6 is 11.3 Å². The lowest BCUT2D eigenvalue weighted by molar-refractivity contribution is -0.143. The minimum atomic E-state index is -1.04. The van der Waals surface area contributed by atoms with Crippen molar-refractivity contribution in [1.29, 1.82) is 0 Å². The molecule has 1 unspecified atom stereocenters. The van der Waals surface area contributed by atoms with E-state index in [1.807, 2.05) is 16.8 Å². The Hall–Kier alpha value is -2.22. The number of methoxy groups -OCH3 is 1. The summed E-state index contributed by atoms with van der Waals surface area (Å²) in [6.45, 7) is 0.134. The first-order chi connectivity index (χ1) is 12.0. The fourth-order valence-corrected chi connectivity index (χ4v) is 3.25. The molecule has 0 spiro atoms. The fraction of sp³-hybridized carbons (Fsp3) is 0.333. The molecule has 6 nitrogen and oxygen atoms in total. The quantitative estimate of drug-likeness (QED) is 0.521.